The normalized spacial score (nSPS) is 10.9. The molecule has 0 saturated carbocycles. The van der Waals surface area contributed by atoms with Crippen LogP contribution in [0.5, 0.6) is 0 Å². The summed E-state index contributed by atoms with van der Waals surface area (Å²) in [5, 5.41) is 3.52. The standard InChI is InChI=1S/C6H7F2N2/c1-4-3-5(6(7)8)9-10(4)2/h6H,1-2H3. The van der Waals surface area contributed by atoms with Gasteiger partial charge in [0.15, 0.2) is 0 Å². The molecule has 0 fully saturated rings. The summed E-state index contributed by atoms with van der Waals surface area (Å²) in [5.74, 6) is 0. The molecule has 0 saturated heterocycles. The van der Waals surface area contributed by atoms with Crippen molar-refractivity contribution in [1.82, 2.24) is 9.78 Å². The van der Waals surface area contributed by atoms with Gasteiger partial charge in [-0.05, 0) is 6.92 Å². The molecular weight excluding hydrogens is 138 g/mol. The molecular formula is C6H7F2N2. The Hall–Kier alpha value is -0.930. The van der Waals surface area contributed by atoms with Crippen molar-refractivity contribution in [2.24, 2.45) is 7.05 Å². The predicted molar refractivity (Wildman–Crippen MR) is 31.7 cm³/mol. The lowest BCUT2D eigenvalue weighted by atomic mass is 10.4. The molecule has 0 amide bonds. The van der Waals surface area contributed by atoms with Gasteiger partial charge in [-0.1, -0.05) is 0 Å². The van der Waals surface area contributed by atoms with Crippen molar-refractivity contribution in [2.45, 2.75) is 13.3 Å². The van der Waals surface area contributed by atoms with Crippen LogP contribution in [-0.4, -0.2) is 9.78 Å². The van der Waals surface area contributed by atoms with Crippen molar-refractivity contribution in [3.05, 3.63) is 17.5 Å². The first kappa shape index (κ1) is 7.18. The summed E-state index contributed by atoms with van der Waals surface area (Å²) in [6.07, 6.45) is -2.51. The smallest absolute Gasteiger partial charge is 0.272 e. The van der Waals surface area contributed by atoms with E-state index in [0.29, 0.717) is 5.69 Å². The number of rotatable bonds is 1. The monoisotopic (exact) mass is 145 g/mol. The second-order valence-electron chi connectivity index (χ2n) is 2.02. The number of aromatic nitrogens is 2. The summed E-state index contributed by atoms with van der Waals surface area (Å²) in [6.45, 7) is 1.68. The molecule has 0 N–H and O–H groups in total. The molecule has 0 spiro atoms. The summed E-state index contributed by atoms with van der Waals surface area (Å²) in [4.78, 5) is 0. The highest BCUT2D eigenvalue weighted by Gasteiger charge is 2.11. The molecule has 0 aliphatic carbocycles. The Labute approximate surface area is 57.5 Å². The van der Waals surface area contributed by atoms with Gasteiger partial charge in [-0.2, -0.15) is 5.10 Å². The number of nitrogens with zero attached hydrogens (tertiary/aromatic N) is 2. The Kier molecular flexibility index (Phi) is 1.70. The number of halogens is 2. The van der Waals surface area contributed by atoms with Gasteiger partial charge in [0.05, 0.1) is 0 Å². The first-order chi connectivity index (χ1) is 4.61. The lowest BCUT2D eigenvalue weighted by Gasteiger charge is -1.89. The highest BCUT2D eigenvalue weighted by Crippen LogP contribution is 2.16. The molecule has 10 heavy (non-hydrogen) atoms. The van der Waals surface area contributed by atoms with Gasteiger partial charge in [0, 0.05) is 18.8 Å². The third-order valence-corrected chi connectivity index (χ3v) is 1.26. The van der Waals surface area contributed by atoms with E-state index in [1.165, 1.54) is 4.68 Å². The first-order valence-corrected chi connectivity index (χ1v) is 2.82. The maximum Gasteiger partial charge on any atom is 0.282 e. The van der Waals surface area contributed by atoms with Crippen LogP contribution in [0.1, 0.15) is 17.8 Å². The fourth-order valence-electron chi connectivity index (χ4n) is 0.626. The zero-order valence-corrected chi connectivity index (χ0v) is 5.73. The second-order valence-corrected chi connectivity index (χ2v) is 2.02. The van der Waals surface area contributed by atoms with Gasteiger partial charge < -0.3 is 0 Å². The van der Waals surface area contributed by atoms with Crippen molar-refractivity contribution >= 4 is 0 Å². The molecule has 0 aromatic carbocycles. The number of hydrogen-bond donors (Lipinski definition) is 0. The quantitative estimate of drug-likeness (QED) is 0.585. The molecule has 0 aliphatic rings. The minimum absolute atomic E-state index is 0.278. The van der Waals surface area contributed by atoms with Crippen LogP contribution in [0.15, 0.2) is 0 Å². The fourth-order valence-corrected chi connectivity index (χ4v) is 0.626. The van der Waals surface area contributed by atoms with E-state index in [0.717, 1.165) is 0 Å². The molecule has 0 bridgehead atoms. The van der Waals surface area contributed by atoms with Gasteiger partial charge in [0.1, 0.15) is 5.69 Å². The van der Waals surface area contributed by atoms with E-state index in [4.69, 9.17) is 0 Å². The van der Waals surface area contributed by atoms with Gasteiger partial charge in [0.2, 0.25) is 0 Å². The zero-order chi connectivity index (χ0) is 7.72. The van der Waals surface area contributed by atoms with E-state index in [2.05, 4.69) is 11.2 Å². The first-order valence-electron chi connectivity index (χ1n) is 2.82. The zero-order valence-electron chi connectivity index (χ0n) is 5.73. The van der Waals surface area contributed by atoms with Gasteiger partial charge in [-0.25, -0.2) is 8.78 Å². The second kappa shape index (κ2) is 2.36. The van der Waals surface area contributed by atoms with Crippen LogP contribution in [-0.2, 0) is 7.05 Å². The fraction of sp³-hybridized carbons (Fsp3) is 0.500. The minimum atomic E-state index is -2.51. The maximum absolute atomic E-state index is 11.9. The van der Waals surface area contributed by atoms with E-state index in [1.807, 2.05) is 0 Å². The van der Waals surface area contributed by atoms with Crippen LogP contribution in [0.4, 0.5) is 8.78 Å². The van der Waals surface area contributed by atoms with E-state index in [1.54, 1.807) is 14.0 Å². The van der Waals surface area contributed by atoms with Crippen LogP contribution in [0.3, 0.4) is 0 Å². The van der Waals surface area contributed by atoms with Crippen molar-refractivity contribution in [3.63, 3.8) is 0 Å². The molecule has 1 aromatic heterocycles. The maximum atomic E-state index is 11.9. The predicted octanol–water partition coefficient (Wildman–Crippen LogP) is 1.47. The number of aryl methyl sites for hydroxylation is 2. The average Bonchev–Trinajstić information content (AvgIpc) is 2.13. The topological polar surface area (TPSA) is 17.8 Å². The SMILES string of the molecule is Cc1[c]c(C(F)F)nn1C. The van der Waals surface area contributed by atoms with Crippen molar-refractivity contribution in [3.8, 4) is 0 Å². The van der Waals surface area contributed by atoms with Gasteiger partial charge >= 0.3 is 0 Å². The summed E-state index contributed by atoms with van der Waals surface area (Å²) in [5.41, 5.74) is 0.343. The lowest BCUT2D eigenvalue weighted by molar-refractivity contribution is 0.145. The molecule has 55 valence electrons. The third kappa shape index (κ3) is 1.15. The van der Waals surface area contributed by atoms with Crippen LogP contribution in [0.2, 0.25) is 0 Å². The molecule has 2 nitrogen and oxygen atoms in total. The van der Waals surface area contributed by atoms with Crippen molar-refractivity contribution < 1.29 is 8.78 Å². The lowest BCUT2D eigenvalue weighted by Crippen LogP contribution is -1.93. The number of hydrogen-bond acceptors (Lipinski definition) is 1. The summed E-state index contributed by atoms with van der Waals surface area (Å²) in [7, 11) is 1.61. The Morgan fingerprint density at radius 1 is 1.60 bits per heavy atom. The summed E-state index contributed by atoms with van der Waals surface area (Å²) < 4.78 is 25.1. The molecule has 0 unspecified atom stereocenters. The minimum Gasteiger partial charge on any atom is -0.272 e. The highest BCUT2D eigenvalue weighted by molar-refractivity contribution is 5.06. The molecule has 0 atom stereocenters. The Morgan fingerprint density at radius 2 is 2.20 bits per heavy atom. The van der Waals surface area contributed by atoms with Crippen molar-refractivity contribution in [1.29, 1.82) is 0 Å². The van der Waals surface area contributed by atoms with Crippen LogP contribution in [0.25, 0.3) is 0 Å². The van der Waals surface area contributed by atoms with E-state index >= 15 is 0 Å². The van der Waals surface area contributed by atoms with E-state index in [-0.39, 0.29) is 5.69 Å². The molecule has 1 radical (unpaired) electrons. The number of alkyl halides is 2. The average molecular weight is 145 g/mol. The summed E-state index contributed by atoms with van der Waals surface area (Å²) in [6, 6.07) is 2.45. The molecule has 0 aliphatic heterocycles. The largest absolute Gasteiger partial charge is 0.282 e. The van der Waals surface area contributed by atoms with Gasteiger partial charge in [-0.15, -0.1) is 0 Å². The Balaban J connectivity index is 2.98. The third-order valence-electron chi connectivity index (χ3n) is 1.26. The van der Waals surface area contributed by atoms with E-state index < -0.39 is 6.43 Å². The molecule has 1 heterocycles. The van der Waals surface area contributed by atoms with Gasteiger partial charge in [0.25, 0.3) is 6.43 Å². The van der Waals surface area contributed by atoms with Crippen molar-refractivity contribution in [2.75, 3.05) is 0 Å². The Morgan fingerprint density at radius 3 is 2.40 bits per heavy atom. The van der Waals surface area contributed by atoms with E-state index in [9.17, 15) is 8.78 Å². The highest BCUT2D eigenvalue weighted by atomic mass is 19.3. The van der Waals surface area contributed by atoms with Crippen LogP contribution < -0.4 is 0 Å². The van der Waals surface area contributed by atoms with Crippen LogP contribution >= 0.6 is 0 Å². The Bertz CT molecular complexity index is 210. The molecule has 1 rings (SSSR count). The van der Waals surface area contributed by atoms with Crippen LogP contribution in [0, 0.1) is 13.0 Å². The summed E-state index contributed by atoms with van der Waals surface area (Å²) >= 11 is 0. The van der Waals surface area contributed by atoms with Gasteiger partial charge in [-0.3, -0.25) is 4.68 Å². The molecule has 1 aromatic rings. The molecule has 4 heteroatoms.